The summed E-state index contributed by atoms with van der Waals surface area (Å²) in [6, 6.07) is 2.75. The van der Waals surface area contributed by atoms with Crippen LogP contribution in [0.1, 0.15) is 52.7 Å². The zero-order valence-electron chi connectivity index (χ0n) is 12.7. The molecule has 1 atom stereocenters. The van der Waals surface area contributed by atoms with Crippen LogP contribution in [0.5, 0.6) is 0 Å². The first-order chi connectivity index (χ1) is 8.42. The van der Waals surface area contributed by atoms with E-state index in [-0.39, 0.29) is 0 Å². The Labute approximate surface area is 112 Å². The Balaban J connectivity index is 2.40. The number of aryl methyl sites for hydroxylation is 2. The molecule has 1 aromatic rings. The largest absolute Gasteiger partial charge is 0.314 e. The average molecular weight is 251 g/mol. The van der Waals surface area contributed by atoms with E-state index in [1.807, 2.05) is 17.9 Å². The van der Waals surface area contributed by atoms with Gasteiger partial charge in [0.1, 0.15) is 0 Å². The van der Waals surface area contributed by atoms with Gasteiger partial charge in [-0.2, -0.15) is 5.10 Å². The van der Waals surface area contributed by atoms with Gasteiger partial charge in [-0.15, -0.1) is 0 Å². The molecule has 0 aliphatic rings. The molecule has 3 nitrogen and oxygen atoms in total. The molecular formula is C15H29N3. The number of hydrogen-bond acceptors (Lipinski definition) is 2. The van der Waals surface area contributed by atoms with Crippen molar-refractivity contribution in [2.75, 3.05) is 6.54 Å². The van der Waals surface area contributed by atoms with Gasteiger partial charge in [0.05, 0.1) is 0 Å². The third kappa shape index (κ3) is 5.67. The van der Waals surface area contributed by atoms with Crippen LogP contribution in [0.3, 0.4) is 0 Å². The Morgan fingerprint density at radius 3 is 2.56 bits per heavy atom. The van der Waals surface area contributed by atoms with Crippen molar-refractivity contribution in [3.05, 3.63) is 18.0 Å². The highest BCUT2D eigenvalue weighted by atomic mass is 15.2. The van der Waals surface area contributed by atoms with E-state index in [4.69, 9.17) is 0 Å². The van der Waals surface area contributed by atoms with Gasteiger partial charge in [0.15, 0.2) is 0 Å². The molecular weight excluding hydrogens is 222 g/mol. The van der Waals surface area contributed by atoms with Gasteiger partial charge in [0.2, 0.25) is 0 Å². The minimum absolute atomic E-state index is 0.431. The van der Waals surface area contributed by atoms with E-state index in [9.17, 15) is 0 Å². The molecule has 104 valence electrons. The lowest BCUT2D eigenvalue weighted by molar-refractivity contribution is 0.324. The van der Waals surface area contributed by atoms with Gasteiger partial charge in [-0.3, -0.25) is 4.68 Å². The molecule has 0 aliphatic carbocycles. The first-order valence-corrected chi connectivity index (χ1v) is 7.12. The van der Waals surface area contributed by atoms with E-state index in [1.165, 1.54) is 25.0 Å². The summed E-state index contributed by atoms with van der Waals surface area (Å²) in [4.78, 5) is 0. The first kappa shape index (κ1) is 15.2. The van der Waals surface area contributed by atoms with Crippen molar-refractivity contribution >= 4 is 0 Å². The zero-order valence-corrected chi connectivity index (χ0v) is 12.7. The first-order valence-electron chi connectivity index (χ1n) is 7.12. The Morgan fingerprint density at radius 1 is 1.33 bits per heavy atom. The lowest BCUT2D eigenvalue weighted by Gasteiger charge is -2.23. The summed E-state index contributed by atoms with van der Waals surface area (Å²) in [6.45, 7) is 10.2. The van der Waals surface area contributed by atoms with E-state index < -0.39 is 0 Å². The third-order valence-electron chi connectivity index (χ3n) is 3.41. The summed E-state index contributed by atoms with van der Waals surface area (Å²) in [5.41, 5.74) is 1.76. The summed E-state index contributed by atoms with van der Waals surface area (Å²) < 4.78 is 1.98. The van der Waals surface area contributed by atoms with Gasteiger partial charge in [0.25, 0.3) is 0 Å². The highest BCUT2D eigenvalue weighted by Gasteiger charge is 2.15. The molecule has 0 amide bonds. The Hall–Kier alpha value is -0.830. The van der Waals surface area contributed by atoms with Crippen LogP contribution in [0.25, 0.3) is 0 Å². The minimum Gasteiger partial charge on any atom is -0.314 e. The molecule has 0 aromatic carbocycles. The molecule has 1 rings (SSSR count). The van der Waals surface area contributed by atoms with Crippen LogP contribution in [0.4, 0.5) is 0 Å². The standard InChI is InChI=1S/C15H29N3/c1-6-16-13(9-11-15(2,3)4)7-8-14-10-12-17-18(14)5/h10,12-13,16H,6-9,11H2,1-5H3. The van der Waals surface area contributed by atoms with Crippen LogP contribution >= 0.6 is 0 Å². The normalized spacial score (nSPS) is 13.8. The molecule has 0 spiro atoms. The van der Waals surface area contributed by atoms with Gasteiger partial charge < -0.3 is 5.32 Å². The average Bonchev–Trinajstić information content (AvgIpc) is 2.67. The highest BCUT2D eigenvalue weighted by Crippen LogP contribution is 2.22. The summed E-state index contributed by atoms with van der Waals surface area (Å²) in [7, 11) is 2.02. The smallest absolute Gasteiger partial charge is 0.0492 e. The molecule has 1 N–H and O–H groups in total. The van der Waals surface area contributed by atoms with Crippen molar-refractivity contribution in [1.29, 1.82) is 0 Å². The van der Waals surface area contributed by atoms with E-state index >= 15 is 0 Å². The van der Waals surface area contributed by atoms with Crippen LogP contribution < -0.4 is 5.32 Å². The predicted molar refractivity (Wildman–Crippen MR) is 77.7 cm³/mol. The van der Waals surface area contributed by atoms with Crippen molar-refractivity contribution in [2.24, 2.45) is 12.5 Å². The van der Waals surface area contributed by atoms with E-state index in [0.717, 1.165) is 13.0 Å². The number of aromatic nitrogens is 2. The van der Waals surface area contributed by atoms with E-state index in [0.29, 0.717) is 11.5 Å². The maximum absolute atomic E-state index is 4.22. The van der Waals surface area contributed by atoms with Crippen molar-refractivity contribution in [2.45, 2.75) is 59.4 Å². The summed E-state index contributed by atoms with van der Waals surface area (Å²) in [5.74, 6) is 0. The SMILES string of the molecule is CCNC(CCc1ccnn1C)CCC(C)(C)C. The fourth-order valence-corrected chi connectivity index (χ4v) is 2.21. The molecule has 0 aliphatic heterocycles. The lowest BCUT2D eigenvalue weighted by atomic mass is 9.87. The van der Waals surface area contributed by atoms with E-state index in [2.05, 4.69) is 44.2 Å². The Morgan fingerprint density at radius 2 is 2.06 bits per heavy atom. The predicted octanol–water partition coefficient (Wildman–Crippen LogP) is 3.16. The van der Waals surface area contributed by atoms with Gasteiger partial charge in [-0.1, -0.05) is 27.7 Å². The van der Waals surface area contributed by atoms with Crippen LogP contribution in [0.2, 0.25) is 0 Å². The molecule has 3 heteroatoms. The Bertz CT molecular complexity index is 336. The van der Waals surface area contributed by atoms with Crippen molar-refractivity contribution < 1.29 is 0 Å². The monoisotopic (exact) mass is 251 g/mol. The molecule has 0 fully saturated rings. The van der Waals surface area contributed by atoms with Crippen LogP contribution in [-0.4, -0.2) is 22.4 Å². The maximum Gasteiger partial charge on any atom is 0.0492 e. The molecule has 0 radical (unpaired) electrons. The van der Waals surface area contributed by atoms with Crippen molar-refractivity contribution in [3.63, 3.8) is 0 Å². The number of rotatable bonds is 7. The molecule has 1 heterocycles. The molecule has 1 unspecified atom stereocenters. The zero-order chi connectivity index (χ0) is 13.6. The fraction of sp³-hybridized carbons (Fsp3) is 0.800. The molecule has 18 heavy (non-hydrogen) atoms. The maximum atomic E-state index is 4.22. The second-order valence-corrected chi connectivity index (χ2v) is 6.34. The quantitative estimate of drug-likeness (QED) is 0.806. The van der Waals surface area contributed by atoms with Crippen molar-refractivity contribution in [3.8, 4) is 0 Å². The number of hydrogen-bond donors (Lipinski definition) is 1. The molecule has 0 saturated carbocycles. The molecule has 0 bridgehead atoms. The van der Waals surface area contributed by atoms with Gasteiger partial charge in [-0.05, 0) is 43.7 Å². The Kier molecular flexibility index (Phi) is 5.86. The second-order valence-electron chi connectivity index (χ2n) is 6.34. The second kappa shape index (κ2) is 6.93. The van der Waals surface area contributed by atoms with Gasteiger partial charge >= 0.3 is 0 Å². The lowest BCUT2D eigenvalue weighted by Crippen LogP contribution is -2.30. The topological polar surface area (TPSA) is 29.9 Å². The van der Waals surface area contributed by atoms with E-state index in [1.54, 1.807) is 0 Å². The number of nitrogens with one attached hydrogen (secondary N) is 1. The molecule has 1 aromatic heterocycles. The summed E-state index contributed by atoms with van der Waals surface area (Å²) in [5, 5.41) is 7.83. The summed E-state index contributed by atoms with van der Waals surface area (Å²) in [6.07, 6.45) is 6.72. The van der Waals surface area contributed by atoms with Crippen LogP contribution in [0, 0.1) is 5.41 Å². The van der Waals surface area contributed by atoms with Crippen LogP contribution in [-0.2, 0) is 13.5 Å². The van der Waals surface area contributed by atoms with Crippen LogP contribution in [0.15, 0.2) is 12.3 Å². The van der Waals surface area contributed by atoms with Crippen molar-refractivity contribution in [1.82, 2.24) is 15.1 Å². The minimum atomic E-state index is 0.431. The summed E-state index contributed by atoms with van der Waals surface area (Å²) >= 11 is 0. The number of nitrogens with zero attached hydrogens (tertiary/aromatic N) is 2. The van der Waals surface area contributed by atoms with Gasteiger partial charge in [0, 0.05) is 25.0 Å². The fourth-order valence-electron chi connectivity index (χ4n) is 2.21. The highest BCUT2D eigenvalue weighted by molar-refractivity contribution is 5.00. The third-order valence-corrected chi connectivity index (χ3v) is 3.41. The molecule has 0 saturated heterocycles. The van der Waals surface area contributed by atoms with Gasteiger partial charge in [-0.25, -0.2) is 0 Å².